The van der Waals surface area contributed by atoms with Gasteiger partial charge in [-0.05, 0) is 23.3 Å². The van der Waals surface area contributed by atoms with Gasteiger partial charge in [0.2, 0.25) is 5.91 Å². The van der Waals surface area contributed by atoms with E-state index in [0.717, 1.165) is 11.1 Å². The summed E-state index contributed by atoms with van der Waals surface area (Å²) in [5, 5.41) is 11.8. The van der Waals surface area contributed by atoms with Crippen LogP contribution in [0.15, 0.2) is 48.5 Å². The second-order valence-corrected chi connectivity index (χ2v) is 3.92. The number of carbonyl (C=O) groups excluding carboxylic acids is 1. The van der Waals surface area contributed by atoms with E-state index >= 15 is 0 Å². The third-order valence-electron chi connectivity index (χ3n) is 2.55. The predicted octanol–water partition coefficient (Wildman–Crippen LogP) is 3.18. The molecule has 0 aliphatic heterocycles. The molecule has 0 spiro atoms. The molecule has 0 radical (unpaired) electrons. The Morgan fingerprint density at radius 3 is 2.50 bits per heavy atom. The van der Waals surface area contributed by atoms with Crippen LogP contribution in [0.25, 0.3) is 11.1 Å². The van der Waals surface area contributed by atoms with Crippen molar-refractivity contribution in [3.8, 4) is 17.2 Å². The van der Waals surface area contributed by atoms with Crippen LogP contribution in [-0.4, -0.2) is 5.91 Å². The lowest BCUT2D eigenvalue weighted by Gasteiger charge is -2.07. The molecule has 18 heavy (non-hydrogen) atoms. The van der Waals surface area contributed by atoms with Gasteiger partial charge >= 0.3 is 0 Å². The lowest BCUT2D eigenvalue weighted by molar-refractivity contribution is -0.114. The molecule has 0 atom stereocenters. The minimum Gasteiger partial charge on any atom is -0.326 e. The molecule has 2 aromatic carbocycles. The number of benzene rings is 2. The van der Waals surface area contributed by atoms with E-state index in [1.165, 1.54) is 6.92 Å². The van der Waals surface area contributed by atoms with Gasteiger partial charge in [0.05, 0.1) is 11.6 Å². The first-order chi connectivity index (χ1) is 8.70. The average molecular weight is 236 g/mol. The minimum absolute atomic E-state index is 0.147. The highest BCUT2D eigenvalue weighted by molar-refractivity contribution is 5.89. The second-order valence-electron chi connectivity index (χ2n) is 3.92. The number of carbonyl (C=O) groups is 1. The molecule has 3 heteroatoms. The third kappa shape index (κ3) is 2.55. The van der Waals surface area contributed by atoms with E-state index < -0.39 is 0 Å². The molecule has 88 valence electrons. The molecule has 2 rings (SSSR count). The molecular weight excluding hydrogens is 224 g/mol. The molecule has 0 aliphatic carbocycles. The van der Waals surface area contributed by atoms with Crippen molar-refractivity contribution in [1.82, 2.24) is 0 Å². The van der Waals surface area contributed by atoms with Crippen molar-refractivity contribution in [2.24, 2.45) is 0 Å². The Morgan fingerprint density at radius 1 is 1.17 bits per heavy atom. The molecule has 0 aromatic heterocycles. The molecular formula is C15H12N2O. The maximum atomic E-state index is 11.0. The summed E-state index contributed by atoms with van der Waals surface area (Å²) in [6, 6.07) is 17.2. The zero-order chi connectivity index (χ0) is 13.0. The highest BCUT2D eigenvalue weighted by atomic mass is 16.1. The topological polar surface area (TPSA) is 52.9 Å². The van der Waals surface area contributed by atoms with E-state index in [2.05, 4.69) is 11.4 Å². The zero-order valence-corrected chi connectivity index (χ0v) is 9.97. The van der Waals surface area contributed by atoms with Gasteiger partial charge in [0, 0.05) is 12.6 Å². The monoisotopic (exact) mass is 236 g/mol. The van der Waals surface area contributed by atoms with Crippen molar-refractivity contribution in [2.45, 2.75) is 6.92 Å². The van der Waals surface area contributed by atoms with Crippen LogP contribution in [0.4, 0.5) is 5.69 Å². The van der Waals surface area contributed by atoms with Gasteiger partial charge in [-0.15, -0.1) is 0 Å². The summed E-state index contributed by atoms with van der Waals surface area (Å²) in [5.41, 5.74) is 3.04. The van der Waals surface area contributed by atoms with Crippen molar-refractivity contribution in [3.63, 3.8) is 0 Å². The molecule has 0 bridgehead atoms. The van der Waals surface area contributed by atoms with Crippen LogP contribution in [0, 0.1) is 11.3 Å². The van der Waals surface area contributed by atoms with Crippen LogP contribution < -0.4 is 5.32 Å². The van der Waals surface area contributed by atoms with Crippen LogP contribution in [0.3, 0.4) is 0 Å². The summed E-state index contributed by atoms with van der Waals surface area (Å²) < 4.78 is 0. The standard InChI is InChI=1S/C15H12N2O/c1-11(18)17-14-7-8-15(13(9-14)10-16)12-5-3-2-4-6-12/h2-9H,1H3,(H,17,18). The van der Waals surface area contributed by atoms with E-state index in [0.29, 0.717) is 11.3 Å². The number of hydrogen-bond donors (Lipinski definition) is 1. The number of nitriles is 1. The maximum absolute atomic E-state index is 11.0. The molecule has 1 N–H and O–H groups in total. The molecule has 2 aromatic rings. The Labute approximate surface area is 106 Å². The Kier molecular flexibility index (Phi) is 3.40. The fourth-order valence-electron chi connectivity index (χ4n) is 1.79. The number of rotatable bonds is 2. The number of nitrogens with one attached hydrogen (secondary N) is 1. The van der Waals surface area contributed by atoms with Gasteiger partial charge in [-0.1, -0.05) is 36.4 Å². The van der Waals surface area contributed by atoms with Crippen LogP contribution in [0.2, 0.25) is 0 Å². The van der Waals surface area contributed by atoms with Gasteiger partial charge in [0.15, 0.2) is 0 Å². The average Bonchev–Trinajstić information content (AvgIpc) is 2.39. The fourth-order valence-corrected chi connectivity index (χ4v) is 1.79. The first-order valence-electron chi connectivity index (χ1n) is 5.58. The first-order valence-corrected chi connectivity index (χ1v) is 5.58. The van der Waals surface area contributed by atoms with Crippen LogP contribution in [0.1, 0.15) is 12.5 Å². The summed E-state index contributed by atoms with van der Waals surface area (Å²) >= 11 is 0. The number of amides is 1. The minimum atomic E-state index is -0.147. The van der Waals surface area contributed by atoms with Gasteiger partial charge in [-0.25, -0.2) is 0 Å². The maximum Gasteiger partial charge on any atom is 0.221 e. The molecule has 0 fully saturated rings. The highest BCUT2D eigenvalue weighted by Gasteiger charge is 2.06. The summed E-state index contributed by atoms with van der Waals surface area (Å²) in [7, 11) is 0. The Hall–Kier alpha value is -2.60. The molecule has 1 amide bonds. The molecule has 3 nitrogen and oxygen atoms in total. The summed E-state index contributed by atoms with van der Waals surface area (Å²) in [4.78, 5) is 11.0. The second kappa shape index (κ2) is 5.15. The SMILES string of the molecule is CC(=O)Nc1ccc(-c2ccccc2)c(C#N)c1. The van der Waals surface area contributed by atoms with Gasteiger partial charge in [-0.2, -0.15) is 5.26 Å². The Morgan fingerprint density at radius 2 is 1.89 bits per heavy atom. The van der Waals surface area contributed by atoms with Gasteiger partial charge in [0.1, 0.15) is 0 Å². The van der Waals surface area contributed by atoms with Gasteiger partial charge in [-0.3, -0.25) is 4.79 Å². The molecule has 0 unspecified atom stereocenters. The normalized spacial score (nSPS) is 9.56. The highest BCUT2D eigenvalue weighted by Crippen LogP contribution is 2.25. The predicted molar refractivity (Wildman–Crippen MR) is 70.9 cm³/mol. The van der Waals surface area contributed by atoms with E-state index in [9.17, 15) is 10.1 Å². The summed E-state index contributed by atoms with van der Waals surface area (Å²) in [6.07, 6.45) is 0. The van der Waals surface area contributed by atoms with Crippen molar-refractivity contribution in [1.29, 1.82) is 5.26 Å². The van der Waals surface area contributed by atoms with Crippen LogP contribution in [-0.2, 0) is 4.79 Å². The summed E-state index contributed by atoms with van der Waals surface area (Å²) in [5.74, 6) is -0.147. The van der Waals surface area contributed by atoms with Crippen LogP contribution >= 0.6 is 0 Å². The molecule has 0 aliphatic rings. The van der Waals surface area contributed by atoms with E-state index in [4.69, 9.17) is 0 Å². The van der Waals surface area contributed by atoms with Crippen molar-refractivity contribution < 1.29 is 4.79 Å². The Balaban J connectivity index is 2.45. The van der Waals surface area contributed by atoms with E-state index in [1.807, 2.05) is 36.4 Å². The van der Waals surface area contributed by atoms with Crippen LogP contribution in [0.5, 0.6) is 0 Å². The lowest BCUT2D eigenvalue weighted by Crippen LogP contribution is -2.05. The van der Waals surface area contributed by atoms with Crippen molar-refractivity contribution >= 4 is 11.6 Å². The quantitative estimate of drug-likeness (QED) is 0.870. The zero-order valence-electron chi connectivity index (χ0n) is 9.97. The molecule has 0 saturated heterocycles. The largest absolute Gasteiger partial charge is 0.326 e. The fraction of sp³-hybridized carbons (Fsp3) is 0.0667. The molecule has 0 heterocycles. The van der Waals surface area contributed by atoms with E-state index in [1.54, 1.807) is 12.1 Å². The third-order valence-corrected chi connectivity index (χ3v) is 2.55. The number of nitrogens with zero attached hydrogens (tertiary/aromatic N) is 1. The van der Waals surface area contributed by atoms with E-state index in [-0.39, 0.29) is 5.91 Å². The lowest BCUT2D eigenvalue weighted by atomic mass is 10.00. The Bertz CT molecular complexity index is 612. The molecule has 0 saturated carbocycles. The van der Waals surface area contributed by atoms with Gasteiger partial charge < -0.3 is 5.32 Å². The summed E-state index contributed by atoms with van der Waals surface area (Å²) in [6.45, 7) is 1.44. The number of hydrogen-bond acceptors (Lipinski definition) is 2. The van der Waals surface area contributed by atoms with Crippen molar-refractivity contribution in [2.75, 3.05) is 5.32 Å². The van der Waals surface area contributed by atoms with Gasteiger partial charge in [0.25, 0.3) is 0 Å². The number of anilines is 1. The smallest absolute Gasteiger partial charge is 0.221 e. The van der Waals surface area contributed by atoms with Crippen molar-refractivity contribution in [3.05, 3.63) is 54.1 Å². The first kappa shape index (κ1) is 11.9.